The molecule has 3 aromatic carbocycles. The number of nitrogens with one attached hydrogen (secondary N) is 3. The van der Waals surface area contributed by atoms with Crippen LogP contribution in [0.15, 0.2) is 78.9 Å². The summed E-state index contributed by atoms with van der Waals surface area (Å²) >= 11 is 11.3. The molecule has 0 spiro atoms. The standard InChI is InChI=1S/C24H18ClN3S/c25-20-14-16-21(17-15-20)27-24(29)28-23-13-7-6-12-22(23)26-18-8-2-5-11-19-9-3-1-4-10-19/h1,3-4,6-7,9-10,12-17,26H,18H2,(H2,27,28,29). The van der Waals surface area contributed by atoms with E-state index in [-0.39, 0.29) is 0 Å². The largest absolute Gasteiger partial charge is 0.372 e. The number of benzene rings is 3. The van der Waals surface area contributed by atoms with Gasteiger partial charge in [0.15, 0.2) is 5.11 Å². The first-order valence-corrected chi connectivity index (χ1v) is 9.70. The quantitative estimate of drug-likeness (QED) is 0.382. The van der Waals surface area contributed by atoms with Gasteiger partial charge in [0.05, 0.1) is 17.9 Å². The van der Waals surface area contributed by atoms with E-state index in [4.69, 9.17) is 23.8 Å². The van der Waals surface area contributed by atoms with E-state index in [1.54, 1.807) is 12.1 Å². The van der Waals surface area contributed by atoms with E-state index in [0.717, 1.165) is 22.6 Å². The molecule has 0 aliphatic rings. The van der Waals surface area contributed by atoms with Crippen LogP contribution in [0.4, 0.5) is 17.1 Å². The van der Waals surface area contributed by atoms with Crippen LogP contribution in [-0.4, -0.2) is 11.7 Å². The third-order valence-corrected chi connectivity index (χ3v) is 4.23. The van der Waals surface area contributed by atoms with E-state index < -0.39 is 0 Å². The number of rotatable bonds is 4. The van der Waals surface area contributed by atoms with Gasteiger partial charge in [0, 0.05) is 16.3 Å². The van der Waals surface area contributed by atoms with Crippen LogP contribution in [0.1, 0.15) is 5.56 Å². The van der Waals surface area contributed by atoms with Gasteiger partial charge in [0.2, 0.25) is 0 Å². The maximum atomic E-state index is 5.91. The first kappa shape index (κ1) is 20.3. The Morgan fingerprint density at radius 3 is 2.24 bits per heavy atom. The molecule has 0 fully saturated rings. The summed E-state index contributed by atoms with van der Waals surface area (Å²) in [4.78, 5) is 0. The van der Waals surface area contributed by atoms with Crippen molar-refractivity contribution in [3.05, 3.63) is 89.4 Å². The summed E-state index contributed by atoms with van der Waals surface area (Å²) in [5.74, 6) is 11.7. The first-order valence-electron chi connectivity index (χ1n) is 8.91. The van der Waals surface area contributed by atoms with Gasteiger partial charge in [-0.2, -0.15) is 0 Å². The van der Waals surface area contributed by atoms with Crippen LogP contribution in [-0.2, 0) is 0 Å². The van der Waals surface area contributed by atoms with Crippen LogP contribution in [0, 0.1) is 23.7 Å². The maximum Gasteiger partial charge on any atom is 0.175 e. The molecular weight excluding hydrogens is 398 g/mol. The maximum absolute atomic E-state index is 5.91. The predicted octanol–water partition coefficient (Wildman–Crippen LogP) is 5.62. The lowest BCUT2D eigenvalue weighted by atomic mass is 10.2. The lowest BCUT2D eigenvalue weighted by Gasteiger charge is -2.14. The summed E-state index contributed by atoms with van der Waals surface area (Å²) in [7, 11) is 0. The Hall–Kier alpha value is -3.44. The Kier molecular flexibility index (Phi) is 7.55. The van der Waals surface area contributed by atoms with Gasteiger partial charge in [-0.25, -0.2) is 0 Å². The molecule has 0 bridgehead atoms. The Labute approximate surface area is 181 Å². The lowest BCUT2D eigenvalue weighted by Crippen LogP contribution is -2.20. The van der Waals surface area contributed by atoms with Gasteiger partial charge in [-0.1, -0.05) is 53.8 Å². The molecule has 0 aliphatic carbocycles. The minimum Gasteiger partial charge on any atom is -0.372 e. The molecule has 0 saturated carbocycles. The van der Waals surface area contributed by atoms with E-state index in [2.05, 4.69) is 39.6 Å². The minimum atomic E-state index is 0.472. The Morgan fingerprint density at radius 2 is 1.48 bits per heavy atom. The molecule has 29 heavy (non-hydrogen) atoms. The lowest BCUT2D eigenvalue weighted by molar-refractivity contribution is 1.38. The zero-order valence-electron chi connectivity index (χ0n) is 15.5. The molecule has 0 unspecified atom stereocenters. The minimum absolute atomic E-state index is 0.472. The van der Waals surface area contributed by atoms with Gasteiger partial charge >= 0.3 is 0 Å². The van der Waals surface area contributed by atoms with Gasteiger partial charge in [0.1, 0.15) is 0 Å². The number of thiocarbonyl (C=S) groups is 1. The third kappa shape index (κ3) is 6.90. The third-order valence-electron chi connectivity index (χ3n) is 3.78. The number of anilines is 3. The first-order chi connectivity index (χ1) is 14.2. The zero-order chi connectivity index (χ0) is 20.3. The Balaban J connectivity index is 1.55. The van der Waals surface area contributed by atoms with Crippen LogP contribution in [0.5, 0.6) is 0 Å². The Morgan fingerprint density at radius 1 is 0.793 bits per heavy atom. The second kappa shape index (κ2) is 10.8. The van der Waals surface area contributed by atoms with Gasteiger partial charge < -0.3 is 16.0 Å². The van der Waals surface area contributed by atoms with Crippen molar-refractivity contribution in [3.8, 4) is 23.7 Å². The number of halogens is 1. The van der Waals surface area contributed by atoms with Gasteiger partial charge in [0.25, 0.3) is 0 Å². The van der Waals surface area contributed by atoms with E-state index >= 15 is 0 Å². The van der Waals surface area contributed by atoms with E-state index in [1.807, 2.05) is 66.7 Å². The molecule has 3 aromatic rings. The second-order valence-corrected chi connectivity index (χ2v) is 6.75. The van der Waals surface area contributed by atoms with Crippen molar-refractivity contribution in [1.82, 2.24) is 0 Å². The summed E-state index contributed by atoms with van der Waals surface area (Å²) < 4.78 is 0. The average molecular weight is 416 g/mol. The fraction of sp³-hybridized carbons (Fsp3) is 0.0417. The van der Waals surface area contributed by atoms with Crippen molar-refractivity contribution in [2.45, 2.75) is 0 Å². The van der Waals surface area contributed by atoms with Crippen molar-refractivity contribution in [1.29, 1.82) is 0 Å². The monoisotopic (exact) mass is 415 g/mol. The fourth-order valence-corrected chi connectivity index (χ4v) is 2.77. The summed E-state index contributed by atoms with van der Waals surface area (Å²) in [6, 6.07) is 24.9. The Bertz CT molecular complexity index is 1090. The highest BCUT2D eigenvalue weighted by molar-refractivity contribution is 7.80. The molecule has 5 heteroatoms. The number of hydrogen-bond donors (Lipinski definition) is 3. The smallest absolute Gasteiger partial charge is 0.175 e. The molecule has 3 N–H and O–H groups in total. The molecule has 0 radical (unpaired) electrons. The van der Waals surface area contributed by atoms with Gasteiger partial charge in [-0.05, 0) is 72.6 Å². The fourth-order valence-electron chi connectivity index (χ4n) is 2.42. The molecule has 0 aromatic heterocycles. The molecule has 3 nitrogen and oxygen atoms in total. The zero-order valence-corrected chi connectivity index (χ0v) is 17.1. The molecule has 142 valence electrons. The van der Waals surface area contributed by atoms with Crippen molar-refractivity contribution in [2.75, 3.05) is 22.5 Å². The normalized spacial score (nSPS) is 9.28. The van der Waals surface area contributed by atoms with Crippen LogP contribution >= 0.6 is 23.8 Å². The van der Waals surface area contributed by atoms with Crippen LogP contribution in [0.3, 0.4) is 0 Å². The van der Waals surface area contributed by atoms with Crippen molar-refractivity contribution >= 4 is 46.0 Å². The second-order valence-electron chi connectivity index (χ2n) is 5.90. The van der Waals surface area contributed by atoms with Gasteiger partial charge in [-0.3, -0.25) is 0 Å². The van der Waals surface area contributed by atoms with E-state index in [0.29, 0.717) is 16.7 Å². The predicted molar refractivity (Wildman–Crippen MR) is 127 cm³/mol. The van der Waals surface area contributed by atoms with Crippen molar-refractivity contribution < 1.29 is 0 Å². The van der Waals surface area contributed by atoms with Crippen LogP contribution < -0.4 is 16.0 Å². The van der Waals surface area contributed by atoms with Crippen LogP contribution in [0.25, 0.3) is 0 Å². The number of para-hydroxylation sites is 2. The highest BCUT2D eigenvalue weighted by Gasteiger charge is 2.03. The van der Waals surface area contributed by atoms with Gasteiger partial charge in [-0.15, -0.1) is 0 Å². The molecule has 0 amide bonds. The van der Waals surface area contributed by atoms with E-state index in [1.165, 1.54) is 0 Å². The summed E-state index contributed by atoms with van der Waals surface area (Å²) in [6.07, 6.45) is 0. The van der Waals surface area contributed by atoms with E-state index in [9.17, 15) is 0 Å². The summed E-state index contributed by atoms with van der Waals surface area (Å²) in [5.41, 5.74) is 3.57. The highest BCUT2D eigenvalue weighted by Crippen LogP contribution is 2.21. The molecule has 0 atom stereocenters. The SMILES string of the molecule is S=C(Nc1ccc(Cl)cc1)Nc1ccccc1NCC#CC#Cc1ccccc1. The van der Waals surface area contributed by atoms with Crippen LogP contribution in [0.2, 0.25) is 5.02 Å². The summed E-state index contributed by atoms with van der Waals surface area (Å²) in [6.45, 7) is 0.472. The highest BCUT2D eigenvalue weighted by atomic mass is 35.5. The molecular formula is C24H18ClN3S. The molecule has 3 rings (SSSR count). The van der Waals surface area contributed by atoms with Crippen molar-refractivity contribution in [3.63, 3.8) is 0 Å². The molecule has 0 heterocycles. The average Bonchev–Trinajstić information content (AvgIpc) is 2.74. The number of hydrogen-bond acceptors (Lipinski definition) is 2. The topological polar surface area (TPSA) is 36.1 Å². The molecule has 0 saturated heterocycles. The molecule has 0 aliphatic heterocycles. The summed E-state index contributed by atoms with van der Waals surface area (Å²) in [5, 5.41) is 10.8. The van der Waals surface area contributed by atoms with Crippen molar-refractivity contribution in [2.24, 2.45) is 0 Å².